The van der Waals surface area contributed by atoms with Crippen molar-refractivity contribution in [1.82, 2.24) is 10.6 Å². The highest BCUT2D eigenvalue weighted by Crippen LogP contribution is 2.32. The third kappa shape index (κ3) is 5.38. The predicted octanol–water partition coefficient (Wildman–Crippen LogP) is 2.43. The fourth-order valence-corrected chi connectivity index (χ4v) is 2.71. The quantitative estimate of drug-likeness (QED) is 0.777. The number of hydrogen-bond donors (Lipinski definition) is 2. The predicted molar refractivity (Wildman–Crippen MR) is 82.2 cm³/mol. The molecule has 134 valence electrons. The van der Waals surface area contributed by atoms with Crippen molar-refractivity contribution >= 4 is 5.91 Å². The van der Waals surface area contributed by atoms with Gasteiger partial charge in [-0.15, -0.1) is 13.2 Å². The van der Waals surface area contributed by atoms with Crippen molar-refractivity contribution in [3.63, 3.8) is 0 Å². The van der Waals surface area contributed by atoms with E-state index in [4.69, 9.17) is 4.74 Å². The van der Waals surface area contributed by atoms with Crippen LogP contribution in [0.15, 0.2) is 18.2 Å². The number of nitrogens with one attached hydrogen (secondary N) is 2. The second kappa shape index (κ2) is 8.34. The molecule has 8 heteroatoms. The lowest BCUT2D eigenvalue weighted by molar-refractivity contribution is -0.274. The summed E-state index contributed by atoms with van der Waals surface area (Å²) in [6.07, 6.45) is -3.09. The van der Waals surface area contributed by atoms with E-state index in [0.717, 1.165) is 31.5 Å². The molecule has 2 N–H and O–H groups in total. The van der Waals surface area contributed by atoms with Crippen LogP contribution in [0.1, 0.15) is 34.7 Å². The molecule has 5 nitrogen and oxygen atoms in total. The Bertz CT molecular complexity index is 558. The highest BCUT2D eigenvalue weighted by Gasteiger charge is 2.33. The number of halogens is 3. The van der Waals surface area contributed by atoms with Gasteiger partial charge in [-0.2, -0.15) is 0 Å². The van der Waals surface area contributed by atoms with Gasteiger partial charge < -0.3 is 20.1 Å². The maximum Gasteiger partial charge on any atom is 0.573 e. The van der Waals surface area contributed by atoms with Gasteiger partial charge in [0.1, 0.15) is 5.75 Å². The fraction of sp³-hybridized carbons (Fsp3) is 0.562. The number of ether oxygens (including phenoxy) is 2. The molecule has 0 spiro atoms. The van der Waals surface area contributed by atoms with Crippen molar-refractivity contribution < 1.29 is 27.4 Å². The number of hydrogen-bond acceptors (Lipinski definition) is 4. The Labute approximate surface area is 138 Å². The van der Waals surface area contributed by atoms with Crippen molar-refractivity contribution in [3.05, 3.63) is 29.3 Å². The Morgan fingerprint density at radius 3 is 2.67 bits per heavy atom. The molecule has 0 radical (unpaired) electrons. The average Bonchev–Trinajstić information content (AvgIpc) is 2.54. The molecular weight excluding hydrogens is 325 g/mol. The Morgan fingerprint density at radius 1 is 1.33 bits per heavy atom. The van der Waals surface area contributed by atoms with Crippen LogP contribution in [0.4, 0.5) is 13.2 Å². The van der Waals surface area contributed by atoms with Crippen molar-refractivity contribution in [1.29, 1.82) is 0 Å². The van der Waals surface area contributed by atoms with Crippen molar-refractivity contribution in [3.8, 4) is 5.75 Å². The van der Waals surface area contributed by atoms with Crippen LogP contribution in [0.3, 0.4) is 0 Å². The molecule has 1 saturated heterocycles. The highest BCUT2D eigenvalue weighted by atomic mass is 19.4. The Kier molecular flexibility index (Phi) is 6.44. The van der Waals surface area contributed by atoms with Gasteiger partial charge in [0.25, 0.3) is 5.91 Å². The van der Waals surface area contributed by atoms with Crippen LogP contribution < -0.4 is 15.4 Å². The summed E-state index contributed by atoms with van der Waals surface area (Å²) in [5, 5.41) is 5.76. The van der Waals surface area contributed by atoms with Crippen LogP contribution >= 0.6 is 0 Å². The lowest BCUT2D eigenvalue weighted by Gasteiger charge is -2.24. The van der Waals surface area contributed by atoms with Crippen LogP contribution in [0.2, 0.25) is 0 Å². The van der Waals surface area contributed by atoms with Gasteiger partial charge in [0.05, 0.1) is 12.2 Å². The second-order valence-corrected chi connectivity index (χ2v) is 5.58. The van der Waals surface area contributed by atoms with Gasteiger partial charge in [0.15, 0.2) is 0 Å². The maximum absolute atomic E-state index is 12.6. The zero-order chi connectivity index (χ0) is 17.6. The number of benzene rings is 1. The second-order valence-electron chi connectivity index (χ2n) is 5.58. The molecule has 0 bridgehead atoms. The standard InChI is InChI=1S/C16H21F3N2O3/c1-23-9-8-21-15(22)13-10-12(11-4-6-20-7-5-11)2-3-14(13)24-16(17,18)19/h2-3,10-11,20H,4-9H2,1H3,(H,21,22). The monoisotopic (exact) mass is 346 g/mol. The molecule has 1 fully saturated rings. The molecule has 24 heavy (non-hydrogen) atoms. The number of carbonyl (C=O) groups excluding carboxylic acids is 1. The van der Waals surface area contributed by atoms with Crippen molar-refractivity contribution in [2.24, 2.45) is 0 Å². The number of rotatable bonds is 6. The van der Waals surface area contributed by atoms with Gasteiger partial charge in [-0.05, 0) is 49.5 Å². The van der Waals surface area contributed by atoms with Gasteiger partial charge in [-0.3, -0.25) is 4.79 Å². The summed E-state index contributed by atoms with van der Waals surface area (Å²) < 4.78 is 46.5. The number of carbonyl (C=O) groups is 1. The number of alkyl halides is 3. The smallest absolute Gasteiger partial charge is 0.405 e. The van der Waals surface area contributed by atoms with Crippen LogP contribution in [0, 0.1) is 0 Å². The summed E-state index contributed by atoms with van der Waals surface area (Å²) in [4.78, 5) is 12.2. The molecule has 1 amide bonds. The summed E-state index contributed by atoms with van der Waals surface area (Å²) in [5.74, 6) is -0.881. The Hall–Kier alpha value is -1.80. The lowest BCUT2D eigenvalue weighted by atomic mass is 9.89. The largest absolute Gasteiger partial charge is 0.573 e. The minimum Gasteiger partial charge on any atom is -0.405 e. The van der Waals surface area contributed by atoms with E-state index in [1.165, 1.54) is 19.2 Å². The molecule has 1 aliphatic rings. The van der Waals surface area contributed by atoms with E-state index in [9.17, 15) is 18.0 Å². The summed E-state index contributed by atoms with van der Waals surface area (Å²) >= 11 is 0. The van der Waals surface area contributed by atoms with E-state index in [0.29, 0.717) is 0 Å². The summed E-state index contributed by atoms with van der Waals surface area (Å²) in [7, 11) is 1.47. The van der Waals surface area contributed by atoms with Crippen LogP contribution in [0.25, 0.3) is 0 Å². The highest BCUT2D eigenvalue weighted by molar-refractivity contribution is 5.97. The van der Waals surface area contributed by atoms with Crippen LogP contribution in [0.5, 0.6) is 5.75 Å². The molecule has 0 aromatic heterocycles. The first kappa shape index (κ1) is 18.5. The zero-order valence-corrected chi connectivity index (χ0v) is 13.4. The van der Waals surface area contributed by atoms with Crippen molar-refractivity contribution in [2.75, 3.05) is 33.4 Å². The normalized spacial score (nSPS) is 16.0. The lowest BCUT2D eigenvalue weighted by Crippen LogP contribution is -2.29. The first-order valence-corrected chi connectivity index (χ1v) is 7.78. The van der Waals surface area contributed by atoms with Gasteiger partial charge in [0, 0.05) is 13.7 Å². The van der Waals surface area contributed by atoms with Crippen LogP contribution in [-0.2, 0) is 4.74 Å². The summed E-state index contributed by atoms with van der Waals surface area (Å²) in [6, 6.07) is 4.32. The van der Waals surface area contributed by atoms with E-state index in [1.54, 1.807) is 6.07 Å². The average molecular weight is 346 g/mol. The molecule has 0 atom stereocenters. The number of methoxy groups -OCH3 is 1. The number of amides is 1. The third-order valence-electron chi connectivity index (χ3n) is 3.88. The van der Waals surface area contributed by atoms with E-state index < -0.39 is 18.0 Å². The molecule has 1 aliphatic heterocycles. The minimum absolute atomic E-state index is 0.112. The Morgan fingerprint density at radius 2 is 2.04 bits per heavy atom. The van der Waals surface area contributed by atoms with E-state index in [1.807, 2.05) is 0 Å². The zero-order valence-electron chi connectivity index (χ0n) is 13.4. The SMILES string of the molecule is COCCNC(=O)c1cc(C2CCNCC2)ccc1OC(F)(F)F. The Balaban J connectivity index is 2.24. The van der Waals surface area contributed by atoms with E-state index in [2.05, 4.69) is 15.4 Å². The summed E-state index contributed by atoms with van der Waals surface area (Å²) in [6.45, 7) is 2.18. The minimum atomic E-state index is -4.85. The first-order valence-electron chi connectivity index (χ1n) is 7.78. The van der Waals surface area contributed by atoms with Crippen molar-refractivity contribution in [2.45, 2.75) is 25.1 Å². The topological polar surface area (TPSA) is 59.6 Å². The molecule has 1 aromatic rings. The van der Waals surface area contributed by atoms with E-state index in [-0.39, 0.29) is 24.6 Å². The molecule has 0 aliphatic carbocycles. The molecule has 0 unspecified atom stereocenters. The molecular formula is C16H21F3N2O3. The molecule has 0 saturated carbocycles. The van der Waals surface area contributed by atoms with Gasteiger partial charge in [0.2, 0.25) is 0 Å². The van der Waals surface area contributed by atoms with Gasteiger partial charge in [-0.1, -0.05) is 6.07 Å². The fourth-order valence-electron chi connectivity index (χ4n) is 2.71. The summed E-state index contributed by atoms with van der Waals surface area (Å²) in [5.41, 5.74) is 0.738. The molecule has 1 heterocycles. The van der Waals surface area contributed by atoms with Gasteiger partial charge in [-0.25, -0.2) is 0 Å². The first-order chi connectivity index (χ1) is 11.4. The number of piperidine rings is 1. The molecule has 2 rings (SSSR count). The van der Waals surface area contributed by atoms with E-state index >= 15 is 0 Å². The third-order valence-corrected chi connectivity index (χ3v) is 3.88. The van der Waals surface area contributed by atoms with Crippen LogP contribution in [-0.4, -0.2) is 45.6 Å². The molecule has 1 aromatic carbocycles. The maximum atomic E-state index is 12.6. The van der Waals surface area contributed by atoms with Gasteiger partial charge >= 0.3 is 6.36 Å².